The van der Waals surface area contributed by atoms with E-state index in [9.17, 15) is 4.79 Å². The summed E-state index contributed by atoms with van der Waals surface area (Å²) in [5.41, 5.74) is 3.50. The molecular formula is C25H31NO3. The molecule has 0 saturated carbocycles. The zero-order chi connectivity index (χ0) is 21.1. The largest absolute Gasteiger partial charge is 0.493 e. The lowest BCUT2D eigenvalue weighted by molar-refractivity contribution is 0.104. The van der Waals surface area contributed by atoms with E-state index >= 15 is 0 Å². The molecule has 0 fully saturated rings. The number of hydrogen-bond acceptors (Lipinski definition) is 4. The maximum absolute atomic E-state index is 12.6. The van der Waals surface area contributed by atoms with Crippen molar-refractivity contribution < 1.29 is 14.3 Å². The van der Waals surface area contributed by atoms with E-state index in [1.54, 1.807) is 6.08 Å². The first-order valence-corrected chi connectivity index (χ1v) is 10.2. The summed E-state index contributed by atoms with van der Waals surface area (Å²) in [6, 6.07) is 11.4. The van der Waals surface area contributed by atoms with Crippen molar-refractivity contribution in [1.82, 2.24) is 0 Å². The van der Waals surface area contributed by atoms with Crippen LogP contribution in [-0.4, -0.2) is 26.0 Å². The molecule has 154 valence electrons. The molecule has 29 heavy (non-hydrogen) atoms. The van der Waals surface area contributed by atoms with Gasteiger partial charge in [0.15, 0.2) is 5.78 Å². The summed E-state index contributed by atoms with van der Waals surface area (Å²) in [6.07, 6.45) is 7.78. The van der Waals surface area contributed by atoms with Crippen molar-refractivity contribution in [2.24, 2.45) is 0 Å². The fraction of sp³-hybridized carbons (Fsp3) is 0.320. The van der Waals surface area contributed by atoms with Crippen LogP contribution in [0, 0.1) is 0 Å². The Morgan fingerprint density at radius 2 is 1.69 bits per heavy atom. The van der Waals surface area contributed by atoms with E-state index in [1.807, 2.05) is 55.6 Å². The molecule has 0 aliphatic rings. The van der Waals surface area contributed by atoms with Gasteiger partial charge in [0.05, 0.1) is 13.2 Å². The summed E-state index contributed by atoms with van der Waals surface area (Å²) in [5.74, 6) is 1.48. The molecule has 0 aliphatic heterocycles. The second-order valence-corrected chi connectivity index (χ2v) is 6.71. The quantitative estimate of drug-likeness (QED) is 0.276. The third-order valence-corrected chi connectivity index (χ3v) is 4.35. The van der Waals surface area contributed by atoms with Gasteiger partial charge in [0, 0.05) is 29.9 Å². The number of ether oxygens (including phenoxy) is 2. The highest BCUT2D eigenvalue weighted by Gasteiger charge is 2.11. The summed E-state index contributed by atoms with van der Waals surface area (Å²) >= 11 is 0. The van der Waals surface area contributed by atoms with Crippen molar-refractivity contribution in [3.8, 4) is 11.5 Å². The number of nitrogens with one attached hydrogen (secondary N) is 1. The summed E-state index contributed by atoms with van der Waals surface area (Å²) < 4.78 is 11.8. The number of benzene rings is 2. The number of carbonyl (C=O) groups excluding carboxylic acids is 1. The zero-order valence-corrected chi connectivity index (χ0v) is 17.7. The third-order valence-electron chi connectivity index (χ3n) is 4.35. The summed E-state index contributed by atoms with van der Waals surface area (Å²) in [4.78, 5) is 12.6. The summed E-state index contributed by atoms with van der Waals surface area (Å²) in [6.45, 7) is 9.24. The van der Waals surface area contributed by atoms with Crippen LogP contribution in [0.25, 0.3) is 6.08 Å². The Kier molecular flexibility index (Phi) is 9.03. The molecule has 0 spiro atoms. The first kappa shape index (κ1) is 22.3. The van der Waals surface area contributed by atoms with Crippen LogP contribution >= 0.6 is 0 Å². The molecule has 2 rings (SSSR count). The minimum atomic E-state index is -0.0503. The van der Waals surface area contributed by atoms with E-state index in [-0.39, 0.29) is 5.78 Å². The maximum Gasteiger partial charge on any atom is 0.185 e. The van der Waals surface area contributed by atoms with Gasteiger partial charge in [-0.05, 0) is 67.3 Å². The number of anilines is 1. The molecule has 0 amide bonds. The van der Waals surface area contributed by atoms with E-state index in [2.05, 4.69) is 25.7 Å². The van der Waals surface area contributed by atoms with Gasteiger partial charge in [0.1, 0.15) is 11.5 Å². The molecule has 1 N–H and O–H groups in total. The smallest absolute Gasteiger partial charge is 0.185 e. The summed E-state index contributed by atoms with van der Waals surface area (Å²) in [7, 11) is 1.85. The van der Waals surface area contributed by atoms with Gasteiger partial charge in [0.25, 0.3) is 0 Å². The molecule has 4 heteroatoms. The Hall–Kier alpha value is -3.01. The number of ketones is 1. The molecule has 0 heterocycles. The van der Waals surface area contributed by atoms with E-state index in [0.717, 1.165) is 41.2 Å². The van der Waals surface area contributed by atoms with Crippen LogP contribution in [0.1, 0.15) is 48.2 Å². The fourth-order valence-electron chi connectivity index (χ4n) is 2.82. The topological polar surface area (TPSA) is 47.6 Å². The van der Waals surface area contributed by atoms with Crippen LogP contribution in [0.5, 0.6) is 11.5 Å². The molecule has 0 atom stereocenters. The minimum absolute atomic E-state index is 0.0503. The van der Waals surface area contributed by atoms with Gasteiger partial charge in [-0.2, -0.15) is 0 Å². The average Bonchev–Trinajstić information content (AvgIpc) is 2.75. The Morgan fingerprint density at radius 3 is 2.28 bits per heavy atom. The molecule has 4 nitrogen and oxygen atoms in total. The molecule has 0 saturated heterocycles. The van der Waals surface area contributed by atoms with Crippen molar-refractivity contribution in [3.63, 3.8) is 0 Å². The van der Waals surface area contributed by atoms with Crippen molar-refractivity contribution in [2.45, 2.75) is 33.1 Å². The molecule has 0 aliphatic carbocycles. The van der Waals surface area contributed by atoms with Crippen LogP contribution in [0.4, 0.5) is 5.69 Å². The van der Waals surface area contributed by atoms with E-state index in [4.69, 9.17) is 9.47 Å². The van der Waals surface area contributed by atoms with Gasteiger partial charge < -0.3 is 14.8 Å². The molecule has 0 aromatic heterocycles. The Labute approximate surface area is 174 Å². The van der Waals surface area contributed by atoms with E-state index in [0.29, 0.717) is 25.2 Å². The summed E-state index contributed by atoms with van der Waals surface area (Å²) in [5, 5.41) is 3.05. The van der Waals surface area contributed by atoms with Gasteiger partial charge >= 0.3 is 0 Å². The number of allylic oxidation sites excluding steroid dienone is 2. The van der Waals surface area contributed by atoms with Gasteiger partial charge in [-0.1, -0.05) is 19.9 Å². The van der Waals surface area contributed by atoms with Crippen LogP contribution in [0.15, 0.2) is 55.1 Å². The Balaban J connectivity index is 2.33. The first-order valence-electron chi connectivity index (χ1n) is 10.2. The molecule has 2 aromatic rings. The number of carbonyl (C=O) groups is 1. The van der Waals surface area contributed by atoms with Crippen LogP contribution < -0.4 is 14.8 Å². The Morgan fingerprint density at radius 1 is 1.03 bits per heavy atom. The minimum Gasteiger partial charge on any atom is -0.493 e. The second-order valence-electron chi connectivity index (χ2n) is 6.71. The van der Waals surface area contributed by atoms with Gasteiger partial charge in [-0.3, -0.25) is 4.79 Å². The van der Waals surface area contributed by atoms with Crippen LogP contribution in [-0.2, 0) is 6.42 Å². The van der Waals surface area contributed by atoms with Crippen molar-refractivity contribution in [3.05, 3.63) is 71.8 Å². The lowest BCUT2D eigenvalue weighted by Crippen LogP contribution is -2.03. The zero-order valence-electron chi connectivity index (χ0n) is 17.7. The molecule has 0 radical (unpaired) electrons. The van der Waals surface area contributed by atoms with E-state index in [1.165, 1.54) is 0 Å². The van der Waals surface area contributed by atoms with Crippen LogP contribution in [0.2, 0.25) is 0 Å². The lowest BCUT2D eigenvalue weighted by Gasteiger charge is -2.15. The molecular weight excluding hydrogens is 362 g/mol. The predicted molar refractivity (Wildman–Crippen MR) is 121 cm³/mol. The predicted octanol–water partition coefficient (Wildman–Crippen LogP) is 5.93. The Bertz CT molecular complexity index is 838. The van der Waals surface area contributed by atoms with Crippen molar-refractivity contribution >= 4 is 17.5 Å². The molecule has 2 aromatic carbocycles. The van der Waals surface area contributed by atoms with E-state index < -0.39 is 0 Å². The van der Waals surface area contributed by atoms with Crippen molar-refractivity contribution in [1.29, 1.82) is 0 Å². The van der Waals surface area contributed by atoms with Crippen molar-refractivity contribution in [2.75, 3.05) is 25.6 Å². The first-order chi connectivity index (χ1) is 14.1. The lowest BCUT2D eigenvalue weighted by atomic mass is 10.0. The highest BCUT2D eigenvalue weighted by Crippen LogP contribution is 2.31. The van der Waals surface area contributed by atoms with Gasteiger partial charge in [-0.15, -0.1) is 6.58 Å². The second kappa shape index (κ2) is 11.7. The normalized spacial score (nSPS) is 10.7. The fourth-order valence-corrected chi connectivity index (χ4v) is 2.82. The average molecular weight is 394 g/mol. The standard InChI is InChI=1S/C25H31NO3/c1-5-8-20-17-21(25(29-16-7-3)18-24(20)28-15-6-2)11-14-23(27)19-9-12-22(26-4)13-10-19/h5,9-14,17-18,26H,1,6-8,15-16H2,2-4H3. The molecule has 0 bridgehead atoms. The molecule has 0 unspecified atom stereocenters. The number of rotatable bonds is 12. The van der Waals surface area contributed by atoms with Gasteiger partial charge in [0.2, 0.25) is 0 Å². The monoisotopic (exact) mass is 393 g/mol. The van der Waals surface area contributed by atoms with Crippen LogP contribution in [0.3, 0.4) is 0 Å². The van der Waals surface area contributed by atoms with Gasteiger partial charge in [-0.25, -0.2) is 0 Å². The highest BCUT2D eigenvalue weighted by molar-refractivity contribution is 6.07. The maximum atomic E-state index is 12.6. The highest BCUT2D eigenvalue weighted by atomic mass is 16.5. The number of hydrogen-bond donors (Lipinski definition) is 1. The SMILES string of the molecule is C=CCc1cc(C=CC(=O)c2ccc(NC)cc2)c(OCCC)cc1OCCC. The third kappa shape index (κ3) is 6.53.